The Kier molecular flexibility index (Phi) is 11.4. The second-order valence-corrected chi connectivity index (χ2v) is 6.21. The molecule has 2 amide bonds. The van der Waals surface area contributed by atoms with Crippen molar-refractivity contribution in [3.8, 4) is 11.5 Å². The van der Waals surface area contributed by atoms with Gasteiger partial charge in [0.25, 0.3) is 0 Å². The maximum Gasteiger partial charge on any atom is 0.239 e. The molecule has 1 aromatic rings. The zero-order chi connectivity index (χ0) is 18.8. The fourth-order valence-electron chi connectivity index (χ4n) is 2.10. The largest absolute Gasteiger partial charge is 0.493 e. The average Bonchev–Trinajstić information content (AvgIpc) is 2.59. The van der Waals surface area contributed by atoms with Crippen molar-refractivity contribution in [1.29, 1.82) is 0 Å². The van der Waals surface area contributed by atoms with Gasteiger partial charge in [0.15, 0.2) is 11.5 Å². The van der Waals surface area contributed by atoms with Gasteiger partial charge < -0.3 is 25.8 Å². The Balaban J connectivity index is 0.00000625. The number of halogens is 1. The highest BCUT2D eigenvalue weighted by Crippen LogP contribution is 2.30. The lowest BCUT2D eigenvalue weighted by Crippen LogP contribution is -2.40. The van der Waals surface area contributed by atoms with E-state index in [1.807, 2.05) is 25.1 Å². The van der Waals surface area contributed by atoms with Crippen molar-refractivity contribution in [3.05, 3.63) is 23.8 Å². The molecule has 26 heavy (non-hydrogen) atoms. The van der Waals surface area contributed by atoms with Crippen LogP contribution < -0.4 is 25.8 Å². The molecule has 148 valence electrons. The fraction of sp³-hybridized carbons (Fsp3) is 0.556. The Morgan fingerprint density at radius 1 is 1.15 bits per heavy atom. The Morgan fingerprint density at radius 2 is 1.85 bits per heavy atom. The zero-order valence-electron chi connectivity index (χ0n) is 15.8. The first-order valence-electron chi connectivity index (χ1n) is 8.44. The number of amides is 2. The Hall–Kier alpha value is -1.99. The van der Waals surface area contributed by atoms with Crippen LogP contribution in [0.25, 0.3) is 0 Å². The molecule has 0 bridgehead atoms. The zero-order valence-corrected chi connectivity index (χ0v) is 16.7. The standard InChI is InChI=1S/C18H29N3O4.ClH/c1-12(2)7-8-25-15-6-5-14(9-16(15)24-4)13(3)21-18(23)11-20-17(22)10-19;/h5-6,9,12-13H,7-8,10-11,19H2,1-4H3,(H,20,22)(H,21,23);1H. The van der Waals surface area contributed by atoms with E-state index in [9.17, 15) is 9.59 Å². The summed E-state index contributed by atoms with van der Waals surface area (Å²) in [5, 5.41) is 5.25. The summed E-state index contributed by atoms with van der Waals surface area (Å²) in [4.78, 5) is 22.9. The molecule has 1 aromatic carbocycles. The molecule has 4 N–H and O–H groups in total. The van der Waals surface area contributed by atoms with Gasteiger partial charge in [-0.05, 0) is 37.0 Å². The van der Waals surface area contributed by atoms with Crippen molar-refractivity contribution >= 4 is 24.2 Å². The van der Waals surface area contributed by atoms with Crippen molar-refractivity contribution in [2.24, 2.45) is 11.7 Å². The van der Waals surface area contributed by atoms with Crippen LogP contribution in [0.15, 0.2) is 18.2 Å². The molecule has 0 aromatic heterocycles. The summed E-state index contributed by atoms with van der Waals surface area (Å²) in [6.45, 7) is 6.53. The van der Waals surface area contributed by atoms with Crippen LogP contribution in [0.4, 0.5) is 0 Å². The van der Waals surface area contributed by atoms with Crippen LogP contribution in [0.5, 0.6) is 11.5 Å². The lowest BCUT2D eigenvalue weighted by atomic mass is 10.1. The van der Waals surface area contributed by atoms with E-state index in [1.165, 1.54) is 0 Å². The van der Waals surface area contributed by atoms with E-state index < -0.39 is 0 Å². The predicted molar refractivity (Wildman–Crippen MR) is 104 cm³/mol. The van der Waals surface area contributed by atoms with E-state index in [0.717, 1.165) is 12.0 Å². The summed E-state index contributed by atoms with van der Waals surface area (Å²) in [5.41, 5.74) is 6.06. The molecule has 1 unspecified atom stereocenters. The molecular formula is C18H30ClN3O4. The number of nitrogens with two attached hydrogens (primary N) is 1. The van der Waals surface area contributed by atoms with E-state index in [-0.39, 0.29) is 43.4 Å². The van der Waals surface area contributed by atoms with E-state index in [0.29, 0.717) is 24.0 Å². The SMILES string of the molecule is COc1cc(C(C)NC(=O)CNC(=O)CN)ccc1OCCC(C)C.Cl. The third-order valence-electron chi connectivity index (χ3n) is 3.65. The monoisotopic (exact) mass is 387 g/mol. The van der Waals surface area contributed by atoms with E-state index in [1.54, 1.807) is 7.11 Å². The fourth-order valence-corrected chi connectivity index (χ4v) is 2.10. The quantitative estimate of drug-likeness (QED) is 0.568. The molecule has 0 saturated carbocycles. The van der Waals surface area contributed by atoms with Gasteiger partial charge in [-0.25, -0.2) is 0 Å². The third kappa shape index (κ3) is 8.40. The van der Waals surface area contributed by atoms with Gasteiger partial charge in [-0.3, -0.25) is 9.59 Å². The van der Waals surface area contributed by atoms with Gasteiger partial charge in [0.1, 0.15) is 0 Å². The normalized spacial score (nSPS) is 11.3. The molecule has 0 spiro atoms. The van der Waals surface area contributed by atoms with Crippen LogP contribution >= 0.6 is 12.4 Å². The second-order valence-electron chi connectivity index (χ2n) is 6.21. The lowest BCUT2D eigenvalue weighted by Gasteiger charge is -2.17. The maximum absolute atomic E-state index is 11.9. The predicted octanol–water partition coefficient (Wildman–Crippen LogP) is 1.79. The minimum atomic E-state index is -0.368. The van der Waals surface area contributed by atoms with Crippen molar-refractivity contribution in [3.63, 3.8) is 0 Å². The molecule has 0 aliphatic carbocycles. The number of rotatable bonds is 10. The van der Waals surface area contributed by atoms with Crippen LogP contribution in [-0.4, -0.2) is 38.6 Å². The highest BCUT2D eigenvalue weighted by Gasteiger charge is 2.13. The Bertz CT molecular complexity index is 582. The molecular weight excluding hydrogens is 358 g/mol. The molecule has 1 atom stereocenters. The first kappa shape index (κ1) is 24.0. The summed E-state index contributed by atoms with van der Waals surface area (Å²) in [5.74, 6) is 1.22. The highest BCUT2D eigenvalue weighted by atomic mass is 35.5. The molecule has 0 aliphatic heterocycles. The van der Waals surface area contributed by atoms with Gasteiger partial charge in [-0.15, -0.1) is 12.4 Å². The van der Waals surface area contributed by atoms with Crippen LogP contribution in [0.2, 0.25) is 0 Å². The van der Waals surface area contributed by atoms with Gasteiger partial charge in [0, 0.05) is 0 Å². The average molecular weight is 388 g/mol. The molecule has 7 nitrogen and oxygen atoms in total. The van der Waals surface area contributed by atoms with Gasteiger partial charge >= 0.3 is 0 Å². The van der Waals surface area contributed by atoms with E-state index >= 15 is 0 Å². The minimum absolute atomic E-state index is 0. The number of hydrogen-bond donors (Lipinski definition) is 3. The Labute approximate surface area is 161 Å². The molecule has 0 radical (unpaired) electrons. The third-order valence-corrected chi connectivity index (χ3v) is 3.65. The second kappa shape index (κ2) is 12.4. The molecule has 1 rings (SSSR count). The summed E-state index contributed by atoms with van der Waals surface area (Å²) in [6.07, 6.45) is 0.964. The van der Waals surface area contributed by atoms with Crippen molar-refractivity contribution < 1.29 is 19.1 Å². The van der Waals surface area contributed by atoms with Gasteiger partial charge in [0.2, 0.25) is 11.8 Å². The number of hydrogen-bond acceptors (Lipinski definition) is 5. The first-order valence-corrected chi connectivity index (χ1v) is 8.44. The number of ether oxygens (including phenoxy) is 2. The van der Waals surface area contributed by atoms with Gasteiger partial charge in [-0.1, -0.05) is 19.9 Å². The molecule has 0 saturated heterocycles. The first-order chi connectivity index (χ1) is 11.9. The topological polar surface area (TPSA) is 103 Å². The van der Waals surface area contributed by atoms with Crippen LogP contribution in [0.3, 0.4) is 0 Å². The maximum atomic E-state index is 11.9. The van der Waals surface area contributed by atoms with Crippen molar-refractivity contribution in [1.82, 2.24) is 10.6 Å². The van der Waals surface area contributed by atoms with Gasteiger partial charge in [-0.2, -0.15) is 0 Å². The summed E-state index contributed by atoms with van der Waals surface area (Å²) < 4.78 is 11.1. The van der Waals surface area contributed by atoms with Gasteiger partial charge in [0.05, 0.1) is 32.8 Å². The highest BCUT2D eigenvalue weighted by molar-refractivity contribution is 5.85. The summed E-state index contributed by atoms with van der Waals surface area (Å²) >= 11 is 0. The summed E-state index contributed by atoms with van der Waals surface area (Å²) in [6, 6.07) is 5.33. The number of methoxy groups -OCH3 is 1. The number of carbonyl (C=O) groups is 2. The Morgan fingerprint density at radius 3 is 2.42 bits per heavy atom. The smallest absolute Gasteiger partial charge is 0.239 e. The van der Waals surface area contributed by atoms with Crippen molar-refractivity contribution in [2.75, 3.05) is 26.8 Å². The molecule has 0 aliphatic rings. The number of carbonyl (C=O) groups excluding carboxylic acids is 2. The molecule has 0 heterocycles. The lowest BCUT2D eigenvalue weighted by molar-refractivity contribution is -0.125. The van der Waals surface area contributed by atoms with Crippen LogP contribution in [0, 0.1) is 5.92 Å². The van der Waals surface area contributed by atoms with E-state index in [4.69, 9.17) is 15.2 Å². The number of benzene rings is 1. The van der Waals surface area contributed by atoms with Crippen LogP contribution in [0.1, 0.15) is 38.8 Å². The number of nitrogens with one attached hydrogen (secondary N) is 2. The van der Waals surface area contributed by atoms with Crippen molar-refractivity contribution in [2.45, 2.75) is 33.2 Å². The molecule has 8 heteroatoms. The molecule has 0 fully saturated rings. The van der Waals surface area contributed by atoms with Crippen LogP contribution in [-0.2, 0) is 9.59 Å². The minimum Gasteiger partial charge on any atom is -0.493 e. The van der Waals surface area contributed by atoms with E-state index in [2.05, 4.69) is 24.5 Å². The summed E-state index contributed by atoms with van der Waals surface area (Å²) in [7, 11) is 1.58.